The third-order valence-electron chi connectivity index (χ3n) is 21.4. The summed E-state index contributed by atoms with van der Waals surface area (Å²) in [7, 11) is 3.32. The number of carbonyl (C=O) groups is 18. The average molecular weight is 1900 g/mol. The van der Waals surface area contributed by atoms with Crippen LogP contribution in [0.25, 0.3) is 21.8 Å². The van der Waals surface area contributed by atoms with Crippen molar-refractivity contribution < 1.29 is 106 Å². The molecule has 4 heterocycles. The molecule has 1 aliphatic heterocycles. The van der Waals surface area contributed by atoms with Crippen molar-refractivity contribution in [1.82, 2.24) is 105 Å². The number of nitrogens with two attached hydrogens (primary N) is 3. The van der Waals surface area contributed by atoms with E-state index in [9.17, 15) is 72.5 Å². The van der Waals surface area contributed by atoms with Gasteiger partial charge in [0.2, 0.25) is 100 Å². The molecule has 1 unspecified atom stereocenters. The molecule has 0 aliphatic carbocycles. The lowest BCUT2D eigenvalue weighted by atomic mass is 9.97. The molecule has 0 radical (unpaired) electrons. The Morgan fingerprint density at radius 1 is 0.624 bits per heavy atom. The number of aryl methyl sites for hydroxylation is 1. The van der Waals surface area contributed by atoms with Gasteiger partial charge in [0.1, 0.15) is 85.2 Å². The first kappa shape index (κ1) is 109. The number of carboxylic acids is 1. The van der Waals surface area contributed by atoms with Gasteiger partial charge >= 0.3 is 5.97 Å². The largest absolute Gasteiger partial charge is 0.481 e. The molecule has 0 saturated carbocycles. The number of hydrogen-bond acceptors (Lipinski definition) is 25. The van der Waals surface area contributed by atoms with Crippen LogP contribution in [-0.4, -0.2) is 284 Å². The number of H-pyrrole nitrogens is 2. The van der Waals surface area contributed by atoms with Crippen LogP contribution in [0.3, 0.4) is 0 Å². The summed E-state index contributed by atoms with van der Waals surface area (Å²) in [6.07, 6.45) is 3.33. The molecule has 48 heteroatoms. The smallest absolute Gasteiger partial charge is 0.305 e. The second-order valence-electron chi connectivity index (χ2n) is 32.5. The number of para-hydroxylation sites is 2. The third-order valence-corrected chi connectivity index (χ3v) is 23.8. The number of aliphatic hydroxyl groups excluding tert-OH is 1. The van der Waals surface area contributed by atoms with Crippen molar-refractivity contribution in [3.63, 3.8) is 0 Å². The molecule has 730 valence electrons. The topological polar surface area (TPSA) is 710 Å². The molecule has 133 heavy (non-hydrogen) atoms. The van der Waals surface area contributed by atoms with E-state index in [4.69, 9.17) is 32.1 Å². The van der Waals surface area contributed by atoms with Crippen LogP contribution in [0.2, 0.25) is 0 Å². The molecule has 5 aromatic rings. The number of carbonyl (C=O) groups excluding carboxylic acids is 17. The summed E-state index contributed by atoms with van der Waals surface area (Å²) in [6, 6.07) is -7.48. The number of fused-ring (bicyclic) bond motifs is 2. The Morgan fingerprint density at radius 3 is 1.88 bits per heavy atom. The number of unbranched alkanes of at least 4 members (excludes halogenated alkanes) is 2. The van der Waals surface area contributed by atoms with Crippen LogP contribution >= 0.6 is 21.6 Å². The molecule has 15 atom stereocenters. The number of aliphatic carboxylic acids is 1. The maximum absolute atomic E-state index is 15.3. The van der Waals surface area contributed by atoms with Gasteiger partial charge in [0.25, 0.3) is 0 Å². The summed E-state index contributed by atoms with van der Waals surface area (Å²) in [5, 5.41) is 71.3. The van der Waals surface area contributed by atoms with E-state index >= 15 is 24.0 Å². The number of aromatic nitrogens is 4. The maximum atomic E-state index is 15.3. The van der Waals surface area contributed by atoms with Crippen molar-refractivity contribution >= 4 is 156 Å². The fraction of sp³-hybridized carbons (Fsp3) is 0.553. The van der Waals surface area contributed by atoms with Gasteiger partial charge < -0.3 is 136 Å². The first-order chi connectivity index (χ1) is 63.2. The van der Waals surface area contributed by atoms with Gasteiger partial charge in [-0.3, -0.25) is 91.7 Å². The number of aliphatic hydroxyl groups is 1. The summed E-state index contributed by atoms with van der Waals surface area (Å²) in [5.41, 5.74) is 19.1. The minimum absolute atomic E-state index is 0.0398. The number of nitrogens with zero attached hydrogens (tertiary/aromatic N) is 2. The van der Waals surface area contributed by atoms with Crippen molar-refractivity contribution in [2.24, 2.45) is 36.1 Å². The minimum atomic E-state index is -2.08. The number of ether oxygens (including phenoxy) is 2. The van der Waals surface area contributed by atoms with Crippen LogP contribution in [0.5, 0.6) is 0 Å². The number of rotatable bonds is 39. The van der Waals surface area contributed by atoms with Gasteiger partial charge in [0.05, 0.1) is 45.2 Å². The Bertz CT molecular complexity index is 4860. The van der Waals surface area contributed by atoms with Crippen molar-refractivity contribution in [2.75, 3.05) is 57.6 Å². The molecular weight excluding hydrogens is 1770 g/mol. The Hall–Kier alpha value is -13.0. The van der Waals surface area contributed by atoms with Crippen LogP contribution < -0.4 is 102 Å². The zero-order valence-corrected chi connectivity index (χ0v) is 77.4. The van der Waals surface area contributed by atoms with Gasteiger partial charge in [-0.05, 0) is 74.6 Å². The molecule has 3 aromatic heterocycles. The van der Waals surface area contributed by atoms with E-state index in [1.165, 1.54) is 53.3 Å². The third kappa shape index (κ3) is 36.6. The summed E-state index contributed by atoms with van der Waals surface area (Å²) in [6.45, 7) is 10.0. The normalized spacial score (nSPS) is 21.2. The number of amides is 17. The second-order valence-corrected chi connectivity index (χ2v) is 35.0. The van der Waals surface area contributed by atoms with Gasteiger partial charge in [-0.25, -0.2) is 4.98 Å². The molecule has 1 saturated heterocycles. The highest BCUT2D eigenvalue weighted by Crippen LogP contribution is 2.27. The van der Waals surface area contributed by atoms with E-state index in [1.54, 1.807) is 80.2 Å². The van der Waals surface area contributed by atoms with Crippen molar-refractivity contribution in [1.29, 1.82) is 5.41 Å². The number of hydrogen-bond donors (Lipinski definition) is 24. The number of nitrogens with one attached hydrogen (secondary N) is 19. The van der Waals surface area contributed by atoms with Crippen LogP contribution in [0, 0.1) is 17.2 Å². The number of aromatic amines is 2. The monoisotopic (exact) mass is 1900 g/mol. The number of benzene rings is 2. The zero-order chi connectivity index (χ0) is 98.1. The summed E-state index contributed by atoms with van der Waals surface area (Å²) in [4.78, 5) is 265. The van der Waals surface area contributed by atoms with Gasteiger partial charge in [0, 0.05) is 110 Å². The molecule has 1 fully saturated rings. The summed E-state index contributed by atoms with van der Waals surface area (Å²) < 4.78 is 12.7. The Labute approximate surface area is 775 Å². The molecule has 46 nitrogen and oxygen atoms in total. The maximum Gasteiger partial charge on any atom is 0.305 e. The highest BCUT2D eigenvalue weighted by Gasteiger charge is 2.40. The highest BCUT2D eigenvalue weighted by atomic mass is 33.1. The molecule has 6 rings (SSSR count). The van der Waals surface area contributed by atoms with E-state index in [0.717, 1.165) is 34.4 Å². The lowest BCUT2D eigenvalue weighted by molar-refractivity contribution is -0.141. The van der Waals surface area contributed by atoms with E-state index in [2.05, 4.69) is 100 Å². The Morgan fingerprint density at radius 2 is 1.23 bits per heavy atom. The number of guanidine groups is 1. The number of carboxylic acid groups (broad SMARTS) is 1. The Kier molecular flexibility index (Phi) is 45.3. The second kappa shape index (κ2) is 55.4. The lowest BCUT2D eigenvalue weighted by Gasteiger charge is -2.29. The van der Waals surface area contributed by atoms with Gasteiger partial charge in [-0.1, -0.05) is 118 Å². The first-order valence-electron chi connectivity index (χ1n) is 43.6. The molecular formula is C85H126N24O22S2. The fourth-order valence-electron chi connectivity index (χ4n) is 14.0. The Balaban J connectivity index is 1.44. The van der Waals surface area contributed by atoms with Crippen molar-refractivity contribution in [2.45, 2.75) is 224 Å². The van der Waals surface area contributed by atoms with E-state index in [-0.39, 0.29) is 70.7 Å². The summed E-state index contributed by atoms with van der Waals surface area (Å²) >= 11 is 0. The van der Waals surface area contributed by atoms with Crippen molar-refractivity contribution in [3.05, 3.63) is 90.3 Å². The molecule has 0 bridgehead atoms. The van der Waals surface area contributed by atoms with Gasteiger partial charge in [0.15, 0.2) is 5.96 Å². The average Bonchev–Trinajstić information content (AvgIpc) is 1.67. The van der Waals surface area contributed by atoms with Crippen LogP contribution in [-0.2, 0) is 122 Å². The zero-order valence-electron chi connectivity index (χ0n) is 75.7. The van der Waals surface area contributed by atoms with E-state index < -0.39 is 253 Å². The van der Waals surface area contributed by atoms with Gasteiger partial charge in [-0.15, -0.1) is 0 Å². The molecule has 1 aliphatic rings. The molecule has 27 N–H and O–H groups in total. The predicted octanol–water partition coefficient (Wildman–Crippen LogP) is -4.43. The molecule has 17 amide bonds. The van der Waals surface area contributed by atoms with Crippen LogP contribution in [0.4, 0.5) is 0 Å². The fourth-order valence-corrected chi connectivity index (χ4v) is 16.3. The molecule has 2 aromatic carbocycles. The predicted molar refractivity (Wildman–Crippen MR) is 489 cm³/mol. The highest BCUT2D eigenvalue weighted by molar-refractivity contribution is 8.76. The minimum Gasteiger partial charge on any atom is -0.481 e. The van der Waals surface area contributed by atoms with Gasteiger partial charge in [-0.2, -0.15) is 0 Å². The van der Waals surface area contributed by atoms with E-state index in [0.29, 0.717) is 52.2 Å². The van der Waals surface area contributed by atoms with Crippen LogP contribution in [0.1, 0.15) is 136 Å². The molecule has 0 spiro atoms. The van der Waals surface area contributed by atoms with Crippen LogP contribution in [0.15, 0.2) is 73.4 Å². The SMILES string of the molecule is CCCCC[C@H](NC(=O)COCCOCCNC(=O)[C@@H](NC(=O)[C@@H]1CSSC[C@H](NC(=O)[C@@H](NC(C)=O)[C@@H](C)CC)C(=O)N[C@@H](C(C)C)C(=O)N[C@@H](Cc2cn(C)c3ccccc23)C(=O)NC(CCC(N)=O)C(=O)N[C@@H](CC(=O)O)C(=O)N[C@@H](Cc2c[nH]c3ccccc23)C(=O)NCC(=O)N[C@@H](C)C(=O)N[C@@H](Cc2cnc[nH]2)C(=O)N[C@@H](CCCNC(=N)N)C(=O)N1)[C@@H](C)O)C(N)=O. The standard InChI is InChI=1S/C85H126N24O22S2/c1-10-12-13-22-55(72(87)117)98-67(114)40-131-31-30-130-29-28-91-82(127)71(47(7)110)108-81(126)62-41-132-133-42-63(106-84(129)70(45(5)11-2)97-48(8)111)80(125)107-69(44(3)4)83(128)104-59(33-50-39-109(9)64-24-17-15-20-53(50)64)77(122)100-57(25-26-65(86)112)76(121)103-61(35-68(115)116)79(124)102-58(32-49-36-93-54-21-16-14-19-52(49)54)74(119)94-38-66(113)96-46(6)73(118)101-60(34-51-37-90-43-95-51)78(123)99-56(75(120)105-62)23-18-27-92-85(88)89/h14-17,19-21,24,36-37,39,43-47,55-63,69-71,93,110H,10-13,18,22-23,25-35,38,40-42H2,1-9H3,(H2,86,112)(H2,87,117)(H,90,95)(H,91,127)(H,94,119)(H,96,113)(H,97,111)(H,98,114)(H,99,123)(H,100,122)(H,101,118)(H,102,124)(H,103,121)(H,104,128)(H,105,120)(H,106,129)(H,107,125)(H,108,126)(H,115,116)(H4,88,89,92)/t45-,46-,47+,55-,56-,57?,58-,59-,60-,61-,62-,63-,69-,70-,71-/m0/s1. The first-order valence-corrected chi connectivity index (χ1v) is 46.1. The van der Waals surface area contributed by atoms with E-state index in [1.807, 2.05) is 6.92 Å². The van der Waals surface area contributed by atoms with Crippen molar-refractivity contribution in [3.8, 4) is 0 Å². The lowest BCUT2D eigenvalue weighted by Crippen LogP contribution is -2.61. The number of primary amides is 2. The number of imidazole rings is 1. The quantitative estimate of drug-likeness (QED) is 0.00764. The summed E-state index contributed by atoms with van der Waals surface area (Å²) in [5.74, 6) is -21.4.